The van der Waals surface area contributed by atoms with E-state index in [0.29, 0.717) is 5.56 Å². The molecule has 1 saturated heterocycles. The molecule has 1 aliphatic heterocycles. The molecule has 12 heteroatoms. The Bertz CT molecular complexity index is 1350. The maximum Gasteiger partial charge on any atom is 0.416 e. The number of phenolic OH excluding ortho intramolecular Hbond substituents is 3. The van der Waals surface area contributed by atoms with Crippen LogP contribution in [0.25, 0.3) is 0 Å². The molecule has 3 aromatic rings. The fraction of sp³-hybridized carbons (Fsp3) is 0.167. The van der Waals surface area contributed by atoms with Crippen LogP contribution in [0.1, 0.15) is 16.7 Å². The first-order chi connectivity index (χ1) is 16.9. The number of phenols is 3. The van der Waals surface area contributed by atoms with Gasteiger partial charge in [-0.25, -0.2) is 0 Å². The van der Waals surface area contributed by atoms with Crippen LogP contribution < -0.4 is 15.0 Å². The summed E-state index contributed by atoms with van der Waals surface area (Å²) in [6, 6.07) is 12.1. The van der Waals surface area contributed by atoms with Crippen molar-refractivity contribution in [3.8, 4) is 23.0 Å². The summed E-state index contributed by atoms with van der Waals surface area (Å²) in [6.07, 6.45) is -4.48. The van der Waals surface area contributed by atoms with Gasteiger partial charge in [-0.05, 0) is 60.2 Å². The number of nitrogens with zero attached hydrogens (tertiary/aromatic N) is 2. The number of alkyl halides is 3. The monoisotopic (exact) mass is 519 g/mol. The Balaban J connectivity index is 1.80. The summed E-state index contributed by atoms with van der Waals surface area (Å²) in [5.74, 6) is -0.920. The number of aliphatic imine (C=N–C) groups is 1. The van der Waals surface area contributed by atoms with Gasteiger partial charge in [0.1, 0.15) is 11.5 Å². The van der Waals surface area contributed by atoms with Gasteiger partial charge in [0.05, 0.1) is 30.5 Å². The molecule has 0 radical (unpaired) electrons. The van der Waals surface area contributed by atoms with Crippen LogP contribution in [0.15, 0.2) is 65.7 Å². The van der Waals surface area contributed by atoms with Gasteiger partial charge >= 0.3 is 6.18 Å². The first-order valence-corrected chi connectivity index (χ1v) is 10.8. The van der Waals surface area contributed by atoms with E-state index < -0.39 is 23.2 Å². The molecule has 0 amide bonds. The van der Waals surface area contributed by atoms with E-state index in [1.54, 1.807) is 0 Å². The molecular formula is C24H20F3N3O5S. The van der Waals surface area contributed by atoms with Gasteiger partial charge in [0.2, 0.25) is 5.72 Å². The van der Waals surface area contributed by atoms with E-state index >= 15 is 0 Å². The highest BCUT2D eigenvalue weighted by atomic mass is 32.1. The standard InChI is InChI=1S/C24H20F3N3O5S/c1-35-20-9-6-15(10-19(20)33)30-22(36)29-21(23(30,34)17-11-16(31)7-8-18(17)32)28-12-13-2-4-14(5-3-13)24(25,26)27/h2-11,31-34H,12H2,1H3,(H,28,29,36). The van der Waals surface area contributed by atoms with Crippen molar-refractivity contribution in [2.24, 2.45) is 4.99 Å². The second-order valence-electron chi connectivity index (χ2n) is 7.85. The van der Waals surface area contributed by atoms with Crippen LogP contribution >= 0.6 is 12.2 Å². The Hall–Kier alpha value is -4.03. The number of ether oxygens (including phenoxy) is 1. The summed E-state index contributed by atoms with van der Waals surface area (Å²) in [4.78, 5) is 5.50. The van der Waals surface area contributed by atoms with Gasteiger partial charge < -0.3 is 30.5 Å². The molecule has 0 saturated carbocycles. The molecule has 188 valence electrons. The number of hydrogen-bond acceptors (Lipinski definition) is 7. The van der Waals surface area contributed by atoms with E-state index in [1.807, 2.05) is 0 Å². The second kappa shape index (κ2) is 9.21. The highest BCUT2D eigenvalue weighted by Crippen LogP contribution is 2.43. The van der Waals surface area contributed by atoms with Crippen LogP contribution in [0, 0.1) is 0 Å². The molecular weight excluding hydrogens is 499 g/mol. The van der Waals surface area contributed by atoms with E-state index in [1.165, 1.54) is 54.5 Å². The number of thiocarbonyl (C=S) groups is 1. The van der Waals surface area contributed by atoms with E-state index in [9.17, 15) is 33.6 Å². The van der Waals surface area contributed by atoms with Crippen molar-refractivity contribution in [1.29, 1.82) is 0 Å². The summed E-state index contributed by atoms with van der Waals surface area (Å²) >= 11 is 5.41. The average molecular weight is 520 g/mol. The molecule has 1 fully saturated rings. The third kappa shape index (κ3) is 4.48. The number of methoxy groups -OCH3 is 1. The third-order valence-corrected chi connectivity index (χ3v) is 5.84. The van der Waals surface area contributed by atoms with Crippen molar-refractivity contribution in [2.75, 3.05) is 12.0 Å². The van der Waals surface area contributed by atoms with Gasteiger partial charge in [-0.15, -0.1) is 0 Å². The zero-order valence-electron chi connectivity index (χ0n) is 18.6. The zero-order chi connectivity index (χ0) is 26.3. The van der Waals surface area contributed by atoms with Crippen molar-refractivity contribution in [2.45, 2.75) is 18.4 Å². The van der Waals surface area contributed by atoms with Gasteiger partial charge in [0.15, 0.2) is 22.4 Å². The van der Waals surface area contributed by atoms with Gasteiger partial charge in [0, 0.05) is 6.07 Å². The molecule has 36 heavy (non-hydrogen) atoms. The number of amidine groups is 1. The van der Waals surface area contributed by atoms with Crippen molar-refractivity contribution in [1.82, 2.24) is 5.32 Å². The Morgan fingerprint density at radius 2 is 1.69 bits per heavy atom. The molecule has 0 spiro atoms. The van der Waals surface area contributed by atoms with Crippen LogP contribution in [0.4, 0.5) is 18.9 Å². The molecule has 8 nitrogen and oxygen atoms in total. The van der Waals surface area contributed by atoms with Crippen LogP contribution in [0.3, 0.4) is 0 Å². The molecule has 0 bridgehead atoms. The van der Waals surface area contributed by atoms with Crippen molar-refractivity contribution >= 4 is 28.9 Å². The van der Waals surface area contributed by atoms with Crippen molar-refractivity contribution < 1.29 is 38.3 Å². The number of nitrogens with one attached hydrogen (secondary N) is 1. The Morgan fingerprint density at radius 1 is 1.00 bits per heavy atom. The SMILES string of the molecule is COc1ccc(N2C(=S)NC(=NCc3ccc(C(F)(F)F)cc3)C2(O)c2cc(O)ccc2O)cc1O. The minimum atomic E-state index is -4.48. The third-order valence-electron chi connectivity index (χ3n) is 5.56. The number of halogens is 3. The van der Waals surface area contributed by atoms with E-state index in [0.717, 1.165) is 18.2 Å². The smallest absolute Gasteiger partial charge is 0.416 e. The molecule has 5 N–H and O–H groups in total. The first-order valence-electron chi connectivity index (χ1n) is 10.4. The highest BCUT2D eigenvalue weighted by Gasteiger charge is 2.52. The van der Waals surface area contributed by atoms with Crippen LogP contribution in [0.2, 0.25) is 0 Å². The fourth-order valence-corrected chi connectivity index (χ4v) is 4.12. The predicted molar refractivity (Wildman–Crippen MR) is 129 cm³/mol. The molecule has 4 rings (SSSR count). The molecule has 3 aromatic carbocycles. The Labute approximate surface area is 208 Å². The van der Waals surface area contributed by atoms with Crippen molar-refractivity contribution in [3.63, 3.8) is 0 Å². The van der Waals surface area contributed by atoms with Gasteiger partial charge in [-0.2, -0.15) is 13.2 Å². The molecule has 0 aliphatic carbocycles. The molecule has 1 atom stereocenters. The first kappa shape index (κ1) is 25.1. The summed E-state index contributed by atoms with van der Waals surface area (Å²) in [7, 11) is 1.36. The Morgan fingerprint density at radius 3 is 2.31 bits per heavy atom. The maximum atomic E-state index is 12.9. The van der Waals surface area contributed by atoms with E-state index in [4.69, 9.17) is 17.0 Å². The lowest BCUT2D eigenvalue weighted by molar-refractivity contribution is -0.137. The lowest BCUT2D eigenvalue weighted by atomic mass is 9.98. The fourth-order valence-electron chi connectivity index (χ4n) is 3.79. The van der Waals surface area contributed by atoms with Crippen LogP contribution in [-0.2, 0) is 18.4 Å². The van der Waals surface area contributed by atoms with Gasteiger partial charge in [-0.1, -0.05) is 12.1 Å². The van der Waals surface area contributed by atoms with Gasteiger partial charge in [-0.3, -0.25) is 9.89 Å². The predicted octanol–water partition coefficient (Wildman–Crippen LogP) is 3.97. The molecule has 0 aromatic heterocycles. The quantitative estimate of drug-likeness (QED) is 0.254. The number of anilines is 1. The lowest BCUT2D eigenvalue weighted by Gasteiger charge is -2.34. The van der Waals surface area contributed by atoms with E-state index in [2.05, 4.69) is 10.3 Å². The number of rotatable bonds is 5. The number of hydrogen-bond donors (Lipinski definition) is 5. The summed E-state index contributed by atoms with van der Waals surface area (Å²) in [5.41, 5.74) is -2.68. The number of aliphatic hydroxyl groups is 1. The zero-order valence-corrected chi connectivity index (χ0v) is 19.4. The number of aromatic hydroxyl groups is 3. The molecule has 1 heterocycles. The topological polar surface area (TPSA) is 118 Å². The minimum absolute atomic E-state index is 0.0593. The maximum absolute atomic E-state index is 12.9. The largest absolute Gasteiger partial charge is 0.508 e. The molecule has 1 unspecified atom stereocenters. The van der Waals surface area contributed by atoms with E-state index in [-0.39, 0.29) is 46.0 Å². The Kier molecular flexibility index (Phi) is 6.41. The number of benzene rings is 3. The van der Waals surface area contributed by atoms with Crippen molar-refractivity contribution in [3.05, 3.63) is 77.4 Å². The normalized spacial score (nSPS) is 19.0. The van der Waals surface area contributed by atoms with Crippen LogP contribution in [-0.4, -0.2) is 38.5 Å². The average Bonchev–Trinajstić information content (AvgIpc) is 3.09. The highest BCUT2D eigenvalue weighted by molar-refractivity contribution is 7.80. The second-order valence-corrected chi connectivity index (χ2v) is 8.24. The van der Waals surface area contributed by atoms with Gasteiger partial charge in [0.25, 0.3) is 0 Å². The molecule has 1 aliphatic rings. The minimum Gasteiger partial charge on any atom is -0.508 e. The summed E-state index contributed by atoms with van der Waals surface area (Å²) in [5, 5.41) is 45.6. The summed E-state index contributed by atoms with van der Waals surface area (Å²) in [6.45, 7) is -0.146. The lowest BCUT2D eigenvalue weighted by Crippen LogP contribution is -2.47. The van der Waals surface area contributed by atoms with Crippen LogP contribution in [0.5, 0.6) is 23.0 Å². The summed E-state index contributed by atoms with van der Waals surface area (Å²) < 4.78 is 43.7.